The maximum absolute atomic E-state index is 12.8. The number of nitrogens with zero attached hydrogens (tertiary/aromatic N) is 1. The molecule has 9 nitrogen and oxygen atoms in total. The Morgan fingerprint density at radius 3 is 2.31 bits per heavy atom. The lowest BCUT2D eigenvalue weighted by Crippen LogP contribution is -2.48. The molecule has 1 amide bonds. The fourth-order valence-electron chi connectivity index (χ4n) is 4.26. The van der Waals surface area contributed by atoms with Crippen molar-refractivity contribution in [1.29, 1.82) is 0 Å². The first-order chi connectivity index (χ1) is 17.2. The highest BCUT2D eigenvalue weighted by Crippen LogP contribution is 2.26. The zero-order valence-electron chi connectivity index (χ0n) is 20.8. The lowest BCUT2D eigenvalue weighted by molar-refractivity contribution is 0.00944. The van der Waals surface area contributed by atoms with E-state index >= 15 is 0 Å². The van der Waals surface area contributed by atoms with E-state index in [0.717, 1.165) is 43.4 Å². The molecular formula is C26H36N2O7S. The predicted molar refractivity (Wildman–Crippen MR) is 136 cm³/mol. The number of alkyl carbamates (subject to hydrolysis) is 1. The van der Waals surface area contributed by atoms with Crippen LogP contribution in [0.3, 0.4) is 0 Å². The first kappa shape index (κ1) is 28.1. The maximum Gasteiger partial charge on any atom is 0.409 e. The van der Waals surface area contributed by atoms with Crippen LogP contribution in [0.2, 0.25) is 0 Å². The van der Waals surface area contributed by atoms with Crippen LogP contribution in [0, 0.1) is 0 Å². The molecule has 1 fully saturated rings. The quantitative estimate of drug-likeness (QED) is 0.324. The molecule has 2 N–H and O–H groups in total. The first-order valence-corrected chi connectivity index (χ1v) is 14.0. The molecule has 1 aliphatic heterocycles. The van der Waals surface area contributed by atoms with Crippen molar-refractivity contribution in [3.8, 4) is 0 Å². The van der Waals surface area contributed by atoms with Crippen LogP contribution in [-0.2, 0) is 30.2 Å². The molecule has 0 radical (unpaired) electrons. The van der Waals surface area contributed by atoms with Crippen molar-refractivity contribution in [1.82, 2.24) is 10.2 Å². The van der Waals surface area contributed by atoms with E-state index in [4.69, 9.17) is 13.7 Å². The third-order valence-corrected chi connectivity index (χ3v) is 6.68. The van der Waals surface area contributed by atoms with Crippen molar-refractivity contribution in [2.75, 3.05) is 39.1 Å². The predicted octanol–water partition coefficient (Wildman–Crippen LogP) is 2.51. The number of rotatable bonds is 12. The topological polar surface area (TPSA) is 114 Å². The zero-order chi connectivity index (χ0) is 26.0. The summed E-state index contributed by atoms with van der Waals surface area (Å²) >= 11 is 0. The molecule has 10 heteroatoms. The normalized spacial score (nSPS) is 18.1. The summed E-state index contributed by atoms with van der Waals surface area (Å²) < 4.78 is 39.7. The first-order valence-electron chi connectivity index (χ1n) is 12.1. The number of aliphatic hydroxyl groups is 1. The van der Waals surface area contributed by atoms with E-state index < -0.39 is 34.6 Å². The van der Waals surface area contributed by atoms with Gasteiger partial charge in [-0.15, -0.1) is 0 Å². The van der Waals surface area contributed by atoms with Gasteiger partial charge in [-0.2, -0.15) is 8.42 Å². The number of ether oxygens (including phenoxy) is 2. The van der Waals surface area contributed by atoms with Gasteiger partial charge in [-0.3, -0.25) is 10.2 Å². The molecule has 1 heterocycles. The Bertz CT molecular complexity index is 1030. The number of carbonyl (C=O) groups excluding carboxylic acids is 1. The highest BCUT2D eigenvalue weighted by molar-refractivity contribution is 7.86. The van der Waals surface area contributed by atoms with Gasteiger partial charge in [0.2, 0.25) is 0 Å². The second-order valence-corrected chi connectivity index (χ2v) is 10.6. The van der Waals surface area contributed by atoms with Gasteiger partial charge < -0.3 is 14.6 Å². The van der Waals surface area contributed by atoms with E-state index in [1.165, 1.54) is 0 Å². The third kappa shape index (κ3) is 9.51. The molecule has 0 bridgehead atoms. The molecule has 198 valence electrons. The molecule has 3 rings (SSSR count). The number of aliphatic hydroxyl groups excluding tert-OH is 1. The van der Waals surface area contributed by atoms with Crippen LogP contribution in [0.4, 0.5) is 4.79 Å². The average molecular weight is 521 g/mol. The number of hydrogen-bond donors (Lipinski definition) is 2. The second-order valence-electron chi connectivity index (χ2n) is 8.99. The van der Waals surface area contributed by atoms with Gasteiger partial charge >= 0.3 is 6.09 Å². The lowest BCUT2D eigenvalue weighted by Gasteiger charge is -2.31. The SMILES string of the molecule is C[C@@H](OC(=O)NC(OS(C)(=O)=O)[C@H](O)Cc1ccccc1)[C@@H](CCN1CCOCC1)c1ccccc1. The van der Waals surface area contributed by atoms with Crippen molar-refractivity contribution in [2.24, 2.45) is 0 Å². The maximum atomic E-state index is 12.8. The lowest BCUT2D eigenvalue weighted by atomic mass is 9.90. The number of hydrogen-bond acceptors (Lipinski definition) is 8. The molecule has 0 saturated carbocycles. The van der Waals surface area contributed by atoms with Crippen molar-refractivity contribution >= 4 is 16.2 Å². The van der Waals surface area contributed by atoms with E-state index in [-0.39, 0.29) is 12.3 Å². The Labute approximate surface area is 213 Å². The Balaban J connectivity index is 1.65. The van der Waals surface area contributed by atoms with Gasteiger partial charge in [0.25, 0.3) is 10.1 Å². The van der Waals surface area contributed by atoms with Crippen molar-refractivity contribution in [3.05, 3.63) is 71.8 Å². The van der Waals surface area contributed by atoms with Crippen LogP contribution in [0.1, 0.15) is 30.4 Å². The van der Waals surface area contributed by atoms with Gasteiger partial charge in [-0.25, -0.2) is 8.98 Å². The molecule has 0 spiro atoms. The van der Waals surface area contributed by atoms with E-state index in [1.54, 1.807) is 24.3 Å². The fraction of sp³-hybridized carbons (Fsp3) is 0.500. The molecule has 1 unspecified atom stereocenters. The molecule has 1 saturated heterocycles. The second kappa shape index (κ2) is 13.7. The molecular weight excluding hydrogens is 484 g/mol. The van der Waals surface area contributed by atoms with Gasteiger partial charge in [0.05, 0.1) is 19.5 Å². The monoisotopic (exact) mass is 520 g/mol. The van der Waals surface area contributed by atoms with Crippen molar-refractivity contribution in [2.45, 2.75) is 44.1 Å². The van der Waals surface area contributed by atoms with Gasteiger partial charge in [-0.05, 0) is 31.0 Å². The summed E-state index contributed by atoms with van der Waals surface area (Å²) in [5.41, 5.74) is 1.81. The largest absolute Gasteiger partial charge is 0.446 e. The zero-order valence-corrected chi connectivity index (χ0v) is 21.6. The summed E-state index contributed by atoms with van der Waals surface area (Å²) in [5.74, 6) is -0.0803. The minimum atomic E-state index is -3.96. The fourth-order valence-corrected chi connectivity index (χ4v) is 4.81. The van der Waals surface area contributed by atoms with E-state index in [9.17, 15) is 18.3 Å². The van der Waals surface area contributed by atoms with Crippen LogP contribution in [-0.4, -0.2) is 82.1 Å². The standard InChI is InChI=1S/C26H36N2O7S/c1-20(23(22-11-7-4-8-12-22)13-14-28-15-17-33-18-16-28)34-26(30)27-25(35-36(2,31)32)24(29)19-21-9-5-3-6-10-21/h3-12,20,23-25,29H,13-19H2,1-2H3,(H,27,30)/t20-,23-,24-,25?/m1/s1. The Kier molecular flexibility index (Phi) is 10.7. The molecule has 0 aliphatic carbocycles. The number of morpholine rings is 1. The summed E-state index contributed by atoms with van der Waals surface area (Å²) in [5, 5.41) is 13.0. The molecule has 2 aromatic rings. The number of carbonyl (C=O) groups is 1. The van der Waals surface area contributed by atoms with E-state index in [2.05, 4.69) is 10.2 Å². The van der Waals surface area contributed by atoms with Crippen LogP contribution < -0.4 is 5.32 Å². The van der Waals surface area contributed by atoms with Crippen molar-refractivity contribution in [3.63, 3.8) is 0 Å². The van der Waals surface area contributed by atoms with Gasteiger partial charge in [-0.1, -0.05) is 60.7 Å². The smallest absolute Gasteiger partial charge is 0.409 e. The van der Waals surface area contributed by atoms with Gasteiger partial charge in [0.15, 0.2) is 6.23 Å². The van der Waals surface area contributed by atoms with E-state index in [1.807, 2.05) is 43.3 Å². The molecule has 1 aliphatic rings. The van der Waals surface area contributed by atoms with Crippen LogP contribution in [0.25, 0.3) is 0 Å². The summed E-state index contributed by atoms with van der Waals surface area (Å²) in [6.45, 7) is 5.77. The summed E-state index contributed by atoms with van der Waals surface area (Å²) in [6.07, 6.45) is -2.47. The summed E-state index contributed by atoms with van der Waals surface area (Å²) in [7, 11) is -3.96. The van der Waals surface area contributed by atoms with Crippen LogP contribution in [0.15, 0.2) is 60.7 Å². The Hall–Kier alpha value is -2.50. The number of amides is 1. The van der Waals surface area contributed by atoms with Crippen molar-refractivity contribution < 1.29 is 32.0 Å². The number of benzene rings is 2. The van der Waals surface area contributed by atoms with Gasteiger partial charge in [0, 0.05) is 25.4 Å². The average Bonchev–Trinajstić information content (AvgIpc) is 2.85. The highest BCUT2D eigenvalue weighted by atomic mass is 32.2. The minimum absolute atomic E-state index is 0.0803. The Morgan fingerprint density at radius 2 is 1.69 bits per heavy atom. The molecule has 4 atom stereocenters. The highest BCUT2D eigenvalue weighted by Gasteiger charge is 2.29. The van der Waals surface area contributed by atoms with Crippen LogP contribution in [0.5, 0.6) is 0 Å². The minimum Gasteiger partial charge on any atom is -0.446 e. The Morgan fingerprint density at radius 1 is 1.08 bits per heavy atom. The summed E-state index contributed by atoms with van der Waals surface area (Å²) in [6, 6.07) is 18.8. The van der Waals surface area contributed by atoms with E-state index in [0.29, 0.717) is 13.2 Å². The number of nitrogens with one attached hydrogen (secondary N) is 1. The summed E-state index contributed by atoms with van der Waals surface area (Å²) in [4.78, 5) is 15.1. The van der Waals surface area contributed by atoms with Crippen LogP contribution >= 0.6 is 0 Å². The van der Waals surface area contributed by atoms with Gasteiger partial charge in [0.1, 0.15) is 12.2 Å². The third-order valence-electron chi connectivity index (χ3n) is 6.12. The molecule has 2 aromatic carbocycles. The molecule has 36 heavy (non-hydrogen) atoms. The molecule has 0 aromatic heterocycles.